The Morgan fingerprint density at radius 2 is 1.70 bits per heavy atom. The second-order valence-corrected chi connectivity index (χ2v) is 11.9. The number of amides is 2. The van der Waals surface area contributed by atoms with Crippen LogP contribution in [0.25, 0.3) is 0 Å². The summed E-state index contributed by atoms with van der Waals surface area (Å²) < 4.78 is 72.2. The first-order chi connectivity index (χ1) is 17.5. The molecule has 0 aromatic heterocycles. The number of likely N-dealkylation sites (tertiary alicyclic amines) is 1. The molecule has 2 atom stereocenters. The van der Waals surface area contributed by atoms with E-state index in [1.165, 1.54) is 25.6 Å². The SMILES string of the molecule is COCC1CN(S(=O)(=O)N2CCC[C@H](C(=O)N3CCC[C@@H]3C(=O)NCc3ccc(C(F)(F)F)cc3)C2)C1. The second-order valence-electron chi connectivity index (χ2n) is 9.95. The molecule has 0 bridgehead atoms. The standard InChI is InChI=1S/C24H33F3N4O5S/c1-36-16-18-13-30(14-18)37(34,35)29-10-2-4-19(15-29)23(33)31-11-3-5-21(31)22(32)28-12-17-6-8-20(9-7-17)24(25,26)27/h6-9,18-19,21H,2-5,10-16H2,1H3,(H,28,32)/t19-,21+/m0/s1. The third-order valence-electron chi connectivity index (χ3n) is 7.30. The number of hydrogen-bond donors (Lipinski definition) is 1. The molecule has 3 aliphatic rings. The Hall–Kier alpha value is -2.22. The van der Waals surface area contributed by atoms with Gasteiger partial charge in [-0.2, -0.15) is 30.2 Å². The van der Waals surface area contributed by atoms with Crippen molar-refractivity contribution >= 4 is 22.0 Å². The molecule has 3 saturated heterocycles. The van der Waals surface area contributed by atoms with Gasteiger partial charge in [-0.1, -0.05) is 12.1 Å². The fourth-order valence-electron chi connectivity index (χ4n) is 5.22. The number of rotatable bonds is 8. The molecule has 3 heterocycles. The predicted octanol–water partition coefficient (Wildman–Crippen LogP) is 1.85. The van der Waals surface area contributed by atoms with Crippen LogP contribution in [0.1, 0.15) is 36.8 Å². The van der Waals surface area contributed by atoms with Gasteiger partial charge >= 0.3 is 6.18 Å². The number of alkyl halides is 3. The van der Waals surface area contributed by atoms with Gasteiger partial charge < -0.3 is 15.0 Å². The molecular weight excluding hydrogens is 513 g/mol. The van der Waals surface area contributed by atoms with Crippen LogP contribution < -0.4 is 5.32 Å². The van der Waals surface area contributed by atoms with Crippen LogP contribution in [0.5, 0.6) is 0 Å². The van der Waals surface area contributed by atoms with Crippen molar-refractivity contribution in [1.82, 2.24) is 18.8 Å². The zero-order valence-electron chi connectivity index (χ0n) is 20.7. The Morgan fingerprint density at radius 3 is 2.35 bits per heavy atom. The molecule has 9 nitrogen and oxygen atoms in total. The van der Waals surface area contributed by atoms with Crippen LogP contribution >= 0.6 is 0 Å². The van der Waals surface area contributed by atoms with Gasteiger partial charge in [0, 0.05) is 52.3 Å². The lowest BCUT2D eigenvalue weighted by atomic mass is 9.97. The maximum atomic E-state index is 13.4. The summed E-state index contributed by atoms with van der Waals surface area (Å²) in [5.41, 5.74) is -0.244. The summed E-state index contributed by atoms with van der Waals surface area (Å²) >= 11 is 0. The van der Waals surface area contributed by atoms with E-state index in [1.807, 2.05) is 0 Å². The molecule has 0 radical (unpaired) electrons. The summed E-state index contributed by atoms with van der Waals surface area (Å²) in [5, 5.41) is 2.73. The van der Waals surface area contributed by atoms with Crippen LogP contribution in [-0.2, 0) is 37.3 Å². The first-order valence-electron chi connectivity index (χ1n) is 12.5. The molecule has 4 rings (SSSR count). The van der Waals surface area contributed by atoms with Crippen molar-refractivity contribution < 1.29 is 35.9 Å². The van der Waals surface area contributed by atoms with Gasteiger partial charge in [0.1, 0.15) is 6.04 Å². The van der Waals surface area contributed by atoms with Crippen LogP contribution in [0.3, 0.4) is 0 Å². The number of methoxy groups -OCH3 is 1. The monoisotopic (exact) mass is 546 g/mol. The molecular formula is C24H33F3N4O5S. The van der Waals surface area contributed by atoms with E-state index in [0.717, 1.165) is 12.1 Å². The molecule has 1 aromatic rings. The summed E-state index contributed by atoms with van der Waals surface area (Å²) in [6.07, 6.45) is -2.19. The molecule has 37 heavy (non-hydrogen) atoms. The van der Waals surface area contributed by atoms with E-state index in [4.69, 9.17) is 4.74 Å². The van der Waals surface area contributed by atoms with E-state index >= 15 is 0 Å². The van der Waals surface area contributed by atoms with Crippen molar-refractivity contribution in [2.24, 2.45) is 11.8 Å². The molecule has 1 N–H and O–H groups in total. The summed E-state index contributed by atoms with van der Waals surface area (Å²) in [4.78, 5) is 27.8. The minimum absolute atomic E-state index is 0.0465. The van der Waals surface area contributed by atoms with Gasteiger partial charge in [0.05, 0.1) is 18.1 Å². The smallest absolute Gasteiger partial charge is 0.384 e. The quantitative estimate of drug-likeness (QED) is 0.537. The average Bonchev–Trinajstić information content (AvgIpc) is 3.34. The van der Waals surface area contributed by atoms with E-state index in [-0.39, 0.29) is 30.8 Å². The molecule has 3 aliphatic heterocycles. The van der Waals surface area contributed by atoms with Crippen LogP contribution in [0.4, 0.5) is 13.2 Å². The normalized spacial score (nSPS) is 24.2. The number of benzene rings is 1. The number of carbonyl (C=O) groups excluding carboxylic acids is 2. The van der Waals surface area contributed by atoms with Crippen LogP contribution in [-0.4, -0.2) is 86.2 Å². The maximum Gasteiger partial charge on any atom is 0.416 e. The van der Waals surface area contributed by atoms with Gasteiger partial charge in [-0.25, -0.2) is 0 Å². The molecule has 13 heteroatoms. The van der Waals surface area contributed by atoms with Crippen molar-refractivity contribution in [3.05, 3.63) is 35.4 Å². The lowest BCUT2D eigenvalue weighted by molar-refractivity contribution is -0.142. The first kappa shape index (κ1) is 27.8. The highest BCUT2D eigenvalue weighted by molar-refractivity contribution is 7.86. The fourth-order valence-corrected chi connectivity index (χ4v) is 7.08. The number of ether oxygens (including phenoxy) is 1. The number of nitrogens with zero attached hydrogens (tertiary/aromatic N) is 3. The Morgan fingerprint density at radius 1 is 1.03 bits per heavy atom. The zero-order chi connectivity index (χ0) is 26.8. The van der Waals surface area contributed by atoms with E-state index in [2.05, 4.69) is 5.32 Å². The van der Waals surface area contributed by atoms with Gasteiger partial charge in [-0.3, -0.25) is 9.59 Å². The first-order valence-corrected chi connectivity index (χ1v) is 13.9. The van der Waals surface area contributed by atoms with Gasteiger partial charge in [0.2, 0.25) is 11.8 Å². The molecule has 1 aromatic carbocycles. The van der Waals surface area contributed by atoms with Gasteiger partial charge in [-0.15, -0.1) is 0 Å². The Bertz CT molecular complexity index is 1080. The summed E-state index contributed by atoms with van der Waals surface area (Å²) in [6, 6.07) is 3.88. The molecule has 2 amide bonds. The van der Waals surface area contributed by atoms with Crippen LogP contribution in [0, 0.1) is 11.8 Å². The highest BCUT2D eigenvalue weighted by Crippen LogP contribution is 2.30. The topological polar surface area (TPSA) is 99.3 Å². The highest BCUT2D eigenvalue weighted by atomic mass is 32.2. The zero-order valence-corrected chi connectivity index (χ0v) is 21.6. The van der Waals surface area contributed by atoms with E-state index in [1.54, 1.807) is 7.11 Å². The average molecular weight is 547 g/mol. The molecule has 206 valence electrons. The molecule has 0 aliphatic carbocycles. The lowest BCUT2D eigenvalue weighted by Gasteiger charge is -2.42. The largest absolute Gasteiger partial charge is 0.416 e. The van der Waals surface area contributed by atoms with E-state index in [9.17, 15) is 31.2 Å². The van der Waals surface area contributed by atoms with Crippen molar-refractivity contribution in [1.29, 1.82) is 0 Å². The summed E-state index contributed by atoms with van der Waals surface area (Å²) in [7, 11) is -2.08. The van der Waals surface area contributed by atoms with Gasteiger partial charge in [0.15, 0.2) is 0 Å². The maximum absolute atomic E-state index is 13.4. The Labute approximate surface area is 215 Å². The number of piperidine rings is 1. The van der Waals surface area contributed by atoms with Gasteiger partial charge in [0.25, 0.3) is 10.2 Å². The van der Waals surface area contributed by atoms with Crippen molar-refractivity contribution in [2.45, 2.75) is 44.4 Å². The van der Waals surface area contributed by atoms with Crippen molar-refractivity contribution in [3.63, 3.8) is 0 Å². The minimum Gasteiger partial charge on any atom is -0.384 e. The number of carbonyl (C=O) groups is 2. The van der Waals surface area contributed by atoms with E-state index < -0.39 is 33.9 Å². The Kier molecular flexibility index (Phi) is 8.46. The third kappa shape index (κ3) is 6.27. The van der Waals surface area contributed by atoms with Gasteiger partial charge in [-0.05, 0) is 43.4 Å². The molecule has 0 saturated carbocycles. The molecule has 3 fully saturated rings. The third-order valence-corrected chi connectivity index (χ3v) is 9.23. The van der Waals surface area contributed by atoms with E-state index in [0.29, 0.717) is 64.0 Å². The molecule has 0 spiro atoms. The fraction of sp³-hybridized carbons (Fsp3) is 0.667. The minimum atomic E-state index is -4.43. The van der Waals surface area contributed by atoms with Crippen LogP contribution in [0.15, 0.2) is 24.3 Å². The Balaban J connectivity index is 1.32. The second kappa shape index (κ2) is 11.3. The van der Waals surface area contributed by atoms with Crippen LogP contribution in [0.2, 0.25) is 0 Å². The highest BCUT2D eigenvalue weighted by Gasteiger charge is 2.44. The number of halogens is 3. The predicted molar refractivity (Wildman–Crippen MR) is 128 cm³/mol. The summed E-state index contributed by atoms with van der Waals surface area (Å²) in [5.74, 6) is -0.944. The molecule has 0 unspecified atom stereocenters. The summed E-state index contributed by atoms with van der Waals surface area (Å²) in [6.45, 7) is 2.20. The van der Waals surface area contributed by atoms with Crippen molar-refractivity contribution in [2.75, 3.05) is 46.4 Å². The number of nitrogens with one attached hydrogen (secondary N) is 1. The number of hydrogen-bond acceptors (Lipinski definition) is 5. The van der Waals surface area contributed by atoms with Crippen molar-refractivity contribution in [3.8, 4) is 0 Å². The lowest BCUT2D eigenvalue weighted by Crippen LogP contribution is -2.58.